The number of benzene rings is 2. The number of carbonyl (C=O) groups is 2. The van der Waals surface area contributed by atoms with Gasteiger partial charge in [0.1, 0.15) is 5.75 Å². The van der Waals surface area contributed by atoms with Gasteiger partial charge in [0.25, 0.3) is 5.91 Å². The Morgan fingerprint density at radius 3 is 2.40 bits per heavy atom. The lowest BCUT2D eigenvalue weighted by Crippen LogP contribution is -2.20. The second-order valence-electron chi connectivity index (χ2n) is 6.16. The maximum atomic E-state index is 12.1. The molecule has 0 unspecified atom stereocenters. The minimum atomic E-state index is -0.841. The first-order chi connectivity index (χ1) is 11.8. The van der Waals surface area contributed by atoms with Crippen molar-refractivity contribution in [1.82, 2.24) is 0 Å². The maximum absolute atomic E-state index is 12.1. The van der Waals surface area contributed by atoms with Gasteiger partial charge in [-0.3, -0.25) is 9.59 Å². The van der Waals surface area contributed by atoms with Gasteiger partial charge in [0.15, 0.2) is 6.61 Å². The Kier molecular flexibility index (Phi) is 6.17. The van der Waals surface area contributed by atoms with Crippen molar-refractivity contribution in [3.63, 3.8) is 0 Å². The van der Waals surface area contributed by atoms with Crippen molar-refractivity contribution in [3.8, 4) is 5.75 Å². The summed E-state index contributed by atoms with van der Waals surface area (Å²) in [4.78, 5) is 22.8. The van der Waals surface area contributed by atoms with Crippen LogP contribution in [0, 0.1) is 20.8 Å². The van der Waals surface area contributed by atoms with Crippen molar-refractivity contribution >= 4 is 17.6 Å². The average Bonchev–Trinajstić information content (AvgIpc) is 2.52. The van der Waals surface area contributed by atoms with E-state index in [9.17, 15) is 9.59 Å². The molecule has 0 aliphatic carbocycles. The molecule has 5 nitrogen and oxygen atoms in total. The zero-order valence-corrected chi connectivity index (χ0v) is 14.8. The molecule has 0 aliphatic heterocycles. The highest BCUT2D eigenvalue weighted by atomic mass is 16.5. The minimum Gasteiger partial charge on any atom is -0.483 e. The van der Waals surface area contributed by atoms with E-state index in [0.29, 0.717) is 12.1 Å². The van der Waals surface area contributed by atoms with E-state index in [1.165, 1.54) is 0 Å². The third-order valence-electron chi connectivity index (χ3n) is 3.79. The number of nitrogens with one attached hydrogen (secondary N) is 1. The normalized spacial score (nSPS) is 10.4. The number of aryl methyl sites for hydroxylation is 4. The molecule has 0 bridgehead atoms. The van der Waals surface area contributed by atoms with Crippen LogP contribution >= 0.6 is 0 Å². The van der Waals surface area contributed by atoms with Crippen LogP contribution in [0.5, 0.6) is 5.75 Å². The third-order valence-corrected chi connectivity index (χ3v) is 3.79. The highest BCUT2D eigenvalue weighted by Crippen LogP contribution is 2.24. The number of ether oxygens (including phenoxy) is 1. The predicted octanol–water partition coefficient (Wildman–Crippen LogP) is 3.65. The molecular formula is C20H23NO4. The average molecular weight is 341 g/mol. The fourth-order valence-corrected chi connectivity index (χ4v) is 2.79. The first-order valence-electron chi connectivity index (χ1n) is 8.16. The first-order valence-corrected chi connectivity index (χ1v) is 8.16. The summed E-state index contributed by atoms with van der Waals surface area (Å²) in [5.74, 6) is -0.364. The van der Waals surface area contributed by atoms with Gasteiger partial charge in [-0.05, 0) is 56.0 Å². The van der Waals surface area contributed by atoms with Crippen LogP contribution < -0.4 is 10.1 Å². The molecule has 25 heavy (non-hydrogen) atoms. The molecular weight excluding hydrogens is 318 g/mol. The summed E-state index contributed by atoms with van der Waals surface area (Å²) in [5, 5.41) is 11.5. The number of anilines is 1. The van der Waals surface area contributed by atoms with Crippen molar-refractivity contribution in [1.29, 1.82) is 0 Å². The predicted molar refractivity (Wildman–Crippen MR) is 97.2 cm³/mol. The van der Waals surface area contributed by atoms with Gasteiger partial charge in [-0.2, -0.15) is 0 Å². The largest absolute Gasteiger partial charge is 0.483 e. The fourth-order valence-electron chi connectivity index (χ4n) is 2.79. The Morgan fingerprint density at radius 2 is 1.76 bits per heavy atom. The van der Waals surface area contributed by atoms with Gasteiger partial charge in [-0.15, -0.1) is 0 Å². The molecule has 0 radical (unpaired) electrons. The Morgan fingerprint density at radius 1 is 1.08 bits per heavy atom. The molecule has 0 spiro atoms. The second kappa shape index (κ2) is 8.33. The summed E-state index contributed by atoms with van der Waals surface area (Å²) in [6, 6.07) is 11.2. The van der Waals surface area contributed by atoms with Crippen molar-refractivity contribution in [3.05, 3.63) is 58.7 Å². The van der Waals surface area contributed by atoms with Crippen LogP contribution in [0.15, 0.2) is 36.4 Å². The van der Waals surface area contributed by atoms with Gasteiger partial charge < -0.3 is 15.2 Å². The Bertz CT molecular complexity index is 760. The van der Waals surface area contributed by atoms with Gasteiger partial charge >= 0.3 is 5.97 Å². The maximum Gasteiger partial charge on any atom is 0.303 e. The number of carbonyl (C=O) groups excluding carboxylic acids is 1. The molecule has 2 aromatic carbocycles. The molecule has 2 N–H and O–H groups in total. The van der Waals surface area contributed by atoms with E-state index in [1.54, 1.807) is 18.2 Å². The molecule has 0 fully saturated rings. The SMILES string of the molecule is Cc1cc(C)c(OCC(=O)Nc2cccc(CCC(=O)O)c2)c(C)c1. The fraction of sp³-hybridized carbons (Fsp3) is 0.300. The molecule has 5 heteroatoms. The molecule has 2 rings (SSSR count). The lowest BCUT2D eigenvalue weighted by atomic mass is 10.1. The van der Waals surface area contributed by atoms with Gasteiger partial charge in [-0.25, -0.2) is 0 Å². The molecule has 0 aliphatic rings. The number of hydrogen-bond donors (Lipinski definition) is 2. The Balaban J connectivity index is 1.94. The number of amides is 1. The number of carboxylic acid groups (broad SMARTS) is 1. The van der Waals surface area contributed by atoms with Crippen LogP contribution in [0.4, 0.5) is 5.69 Å². The summed E-state index contributed by atoms with van der Waals surface area (Å²) >= 11 is 0. The molecule has 0 heterocycles. The zero-order chi connectivity index (χ0) is 18.4. The minimum absolute atomic E-state index is 0.0620. The van der Waals surface area contributed by atoms with Crippen LogP contribution in [-0.4, -0.2) is 23.6 Å². The zero-order valence-electron chi connectivity index (χ0n) is 14.8. The third kappa shape index (κ3) is 5.64. The van der Waals surface area contributed by atoms with Gasteiger partial charge in [-0.1, -0.05) is 29.8 Å². The van der Waals surface area contributed by atoms with Crippen LogP contribution in [0.25, 0.3) is 0 Å². The Labute approximate surface area is 147 Å². The molecule has 132 valence electrons. The summed E-state index contributed by atoms with van der Waals surface area (Å²) in [5.41, 5.74) is 4.66. The standard InChI is InChI=1S/C20H23NO4/c1-13-9-14(2)20(15(3)10-13)25-12-18(22)21-17-6-4-5-16(11-17)7-8-19(23)24/h4-6,9-11H,7-8,12H2,1-3H3,(H,21,22)(H,23,24). The second-order valence-corrected chi connectivity index (χ2v) is 6.16. The highest BCUT2D eigenvalue weighted by molar-refractivity contribution is 5.92. The lowest BCUT2D eigenvalue weighted by Gasteiger charge is -2.13. The quantitative estimate of drug-likeness (QED) is 0.806. The van der Waals surface area contributed by atoms with E-state index in [-0.39, 0.29) is 18.9 Å². The van der Waals surface area contributed by atoms with Gasteiger partial charge in [0, 0.05) is 12.1 Å². The van der Waals surface area contributed by atoms with Crippen LogP contribution in [0.1, 0.15) is 28.7 Å². The smallest absolute Gasteiger partial charge is 0.303 e. The summed E-state index contributed by atoms with van der Waals surface area (Å²) in [6.07, 6.45) is 0.490. The summed E-state index contributed by atoms with van der Waals surface area (Å²) in [7, 11) is 0. The summed E-state index contributed by atoms with van der Waals surface area (Å²) in [6.45, 7) is 5.86. The van der Waals surface area contributed by atoms with E-state index >= 15 is 0 Å². The van der Waals surface area contributed by atoms with E-state index in [0.717, 1.165) is 28.0 Å². The van der Waals surface area contributed by atoms with Gasteiger partial charge in [0.05, 0.1) is 0 Å². The summed E-state index contributed by atoms with van der Waals surface area (Å²) < 4.78 is 5.68. The molecule has 0 atom stereocenters. The Hall–Kier alpha value is -2.82. The molecule has 0 saturated carbocycles. The number of aliphatic carboxylic acids is 1. The highest BCUT2D eigenvalue weighted by Gasteiger charge is 2.09. The monoisotopic (exact) mass is 341 g/mol. The molecule has 0 aromatic heterocycles. The van der Waals surface area contributed by atoms with Crippen LogP contribution in [-0.2, 0) is 16.0 Å². The number of carboxylic acids is 1. The van der Waals surface area contributed by atoms with Crippen LogP contribution in [0.3, 0.4) is 0 Å². The van der Waals surface area contributed by atoms with Gasteiger partial charge in [0.2, 0.25) is 0 Å². The number of rotatable bonds is 7. The van der Waals surface area contributed by atoms with E-state index in [2.05, 4.69) is 5.32 Å². The van der Waals surface area contributed by atoms with E-state index < -0.39 is 5.97 Å². The molecule has 0 saturated heterocycles. The van der Waals surface area contributed by atoms with E-state index in [4.69, 9.17) is 9.84 Å². The number of hydrogen-bond acceptors (Lipinski definition) is 3. The first kappa shape index (κ1) is 18.5. The topological polar surface area (TPSA) is 75.6 Å². The van der Waals surface area contributed by atoms with Crippen LogP contribution in [0.2, 0.25) is 0 Å². The lowest BCUT2D eigenvalue weighted by molar-refractivity contribution is -0.137. The van der Waals surface area contributed by atoms with Crippen molar-refractivity contribution in [2.24, 2.45) is 0 Å². The van der Waals surface area contributed by atoms with E-state index in [1.807, 2.05) is 39.0 Å². The van der Waals surface area contributed by atoms with Crippen molar-refractivity contribution in [2.45, 2.75) is 33.6 Å². The van der Waals surface area contributed by atoms with Crippen molar-refractivity contribution < 1.29 is 19.4 Å². The van der Waals surface area contributed by atoms with Crippen molar-refractivity contribution in [2.75, 3.05) is 11.9 Å². The molecule has 2 aromatic rings. The molecule has 1 amide bonds.